The highest BCUT2D eigenvalue weighted by Gasteiger charge is 2.04. The molecule has 114 valence electrons. The van der Waals surface area contributed by atoms with E-state index in [-0.39, 0.29) is 18.3 Å². The normalized spacial score (nSPS) is 9.75. The summed E-state index contributed by atoms with van der Waals surface area (Å²) in [5, 5.41) is 6.00. The summed E-state index contributed by atoms with van der Waals surface area (Å²) in [4.78, 5) is 11.5. The van der Waals surface area contributed by atoms with Gasteiger partial charge < -0.3 is 15.4 Å². The molecule has 0 saturated carbocycles. The zero-order valence-electron chi connectivity index (χ0n) is 12.5. The number of rotatable bonds is 8. The Morgan fingerprint density at radius 3 is 2.70 bits per heavy atom. The maximum absolute atomic E-state index is 11.5. The van der Waals surface area contributed by atoms with Gasteiger partial charge in [-0.25, -0.2) is 0 Å². The van der Waals surface area contributed by atoms with Crippen LogP contribution in [0.25, 0.3) is 0 Å². The number of benzene rings is 1. The molecule has 0 atom stereocenters. The molecule has 0 aliphatic rings. The van der Waals surface area contributed by atoms with Crippen molar-refractivity contribution < 1.29 is 9.53 Å². The first kappa shape index (κ1) is 18.7. The van der Waals surface area contributed by atoms with Crippen molar-refractivity contribution in [2.24, 2.45) is 0 Å². The number of ether oxygens (including phenoxy) is 1. The minimum absolute atomic E-state index is 0. The number of halogens is 1. The third-order valence-electron chi connectivity index (χ3n) is 3.02. The predicted octanol–water partition coefficient (Wildman–Crippen LogP) is 2.22. The van der Waals surface area contributed by atoms with Gasteiger partial charge in [-0.2, -0.15) is 0 Å². The summed E-state index contributed by atoms with van der Waals surface area (Å²) in [6.07, 6.45) is 0.388. The molecule has 5 heteroatoms. The van der Waals surface area contributed by atoms with Crippen molar-refractivity contribution in [2.45, 2.75) is 27.2 Å². The Morgan fingerprint density at radius 1 is 1.25 bits per heavy atom. The second kappa shape index (κ2) is 10.5. The molecule has 0 spiro atoms. The van der Waals surface area contributed by atoms with E-state index in [4.69, 9.17) is 4.74 Å². The summed E-state index contributed by atoms with van der Waals surface area (Å²) in [7, 11) is 0. The average molecular weight is 301 g/mol. The Kier molecular flexibility index (Phi) is 9.86. The molecule has 0 bridgehead atoms. The number of amides is 1. The molecule has 2 N–H and O–H groups in total. The van der Waals surface area contributed by atoms with Crippen molar-refractivity contribution in [1.82, 2.24) is 10.6 Å². The van der Waals surface area contributed by atoms with Crippen LogP contribution in [0.4, 0.5) is 0 Å². The number of carbonyl (C=O) groups is 1. The van der Waals surface area contributed by atoms with Crippen molar-refractivity contribution in [3.63, 3.8) is 0 Å². The lowest BCUT2D eigenvalue weighted by atomic mass is 10.1. The summed E-state index contributed by atoms with van der Waals surface area (Å²) in [6.45, 7) is 8.93. The molecule has 0 aromatic heterocycles. The van der Waals surface area contributed by atoms with Crippen LogP contribution in [0, 0.1) is 13.8 Å². The van der Waals surface area contributed by atoms with Crippen molar-refractivity contribution in [2.75, 3.05) is 26.2 Å². The van der Waals surface area contributed by atoms with Crippen LogP contribution >= 0.6 is 12.4 Å². The molecular weight excluding hydrogens is 276 g/mol. The largest absolute Gasteiger partial charge is 0.493 e. The smallest absolute Gasteiger partial charge is 0.223 e. The lowest BCUT2D eigenvalue weighted by Crippen LogP contribution is -2.32. The van der Waals surface area contributed by atoms with Gasteiger partial charge in [0.05, 0.1) is 13.0 Å². The number of nitrogens with one attached hydrogen (secondary N) is 2. The zero-order chi connectivity index (χ0) is 14.1. The molecular formula is C15H25ClN2O2. The SMILES string of the molecule is CCNCCNC(=O)CCOc1cccc(C)c1C.Cl. The van der Waals surface area contributed by atoms with Gasteiger partial charge in [-0.3, -0.25) is 4.79 Å². The fourth-order valence-corrected chi connectivity index (χ4v) is 1.69. The van der Waals surface area contributed by atoms with Gasteiger partial charge in [0.25, 0.3) is 0 Å². The Bertz CT molecular complexity index is 411. The van der Waals surface area contributed by atoms with E-state index in [1.807, 2.05) is 26.0 Å². The molecule has 0 radical (unpaired) electrons. The maximum Gasteiger partial charge on any atom is 0.223 e. The third-order valence-corrected chi connectivity index (χ3v) is 3.02. The summed E-state index contributed by atoms with van der Waals surface area (Å²) in [5.41, 5.74) is 2.34. The van der Waals surface area contributed by atoms with Crippen LogP contribution in [0.3, 0.4) is 0 Å². The van der Waals surface area contributed by atoms with Gasteiger partial charge >= 0.3 is 0 Å². The van der Waals surface area contributed by atoms with Gasteiger partial charge in [-0.1, -0.05) is 19.1 Å². The van der Waals surface area contributed by atoms with E-state index in [0.29, 0.717) is 19.6 Å². The maximum atomic E-state index is 11.5. The Morgan fingerprint density at radius 2 is 2.00 bits per heavy atom. The first-order valence-electron chi connectivity index (χ1n) is 6.81. The Labute approximate surface area is 127 Å². The van der Waals surface area contributed by atoms with E-state index in [1.165, 1.54) is 5.56 Å². The summed E-state index contributed by atoms with van der Waals surface area (Å²) in [6, 6.07) is 5.95. The first-order valence-corrected chi connectivity index (χ1v) is 6.81. The summed E-state index contributed by atoms with van der Waals surface area (Å²) in [5.74, 6) is 0.892. The number of aryl methyl sites for hydroxylation is 1. The highest BCUT2D eigenvalue weighted by atomic mass is 35.5. The standard InChI is InChI=1S/C15H24N2O2.ClH/c1-4-16-9-10-17-15(18)8-11-19-14-7-5-6-12(2)13(14)3;/h5-7,16H,4,8-11H2,1-3H3,(H,17,18);1H. The van der Waals surface area contributed by atoms with Crippen LogP contribution in [0.2, 0.25) is 0 Å². The fourth-order valence-electron chi connectivity index (χ4n) is 1.69. The van der Waals surface area contributed by atoms with Gasteiger partial charge in [-0.05, 0) is 37.6 Å². The Balaban J connectivity index is 0.00000361. The first-order chi connectivity index (χ1) is 9.15. The molecule has 0 aliphatic heterocycles. The van der Waals surface area contributed by atoms with Gasteiger partial charge in [0.15, 0.2) is 0 Å². The second-order valence-electron chi connectivity index (χ2n) is 4.50. The predicted molar refractivity (Wildman–Crippen MR) is 84.8 cm³/mol. The lowest BCUT2D eigenvalue weighted by molar-refractivity contribution is -0.121. The van der Waals surface area contributed by atoms with Crippen molar-refractivity contribution in [1.29, 1.82) is 0 Å². The van der Waals surface area contributed by atoms with E-state index < -0.39 is 0 Å². The molecule has 0 aliphatic carbocycles. The second-order valence-corrected chi connectivity index (χ2v) is 4.50. The molecule has 20 heavy (non-hydrogen) atoms. The van der Waals surface area contributed by atoms with E-state index >= 15 is 0 Å². The van der Waals surface area contributed by atoms with Gasteiger partial charge in [0, 0.05) is 13.1 Å². The molecule has 1 aromatic carbocycles. The van der Waals surface area contributed by atoms with E-state index in [0.717, 1.165) is 24.4 Å². The average Bonchev–Trinajstić information content (AvgIpc) is 2.40. The number of carbonyl (C=O) groups excluding carboxylic acids is 1. The Hall–Kier alpha value is -1.26. The molecule has 4 nitrogen and oxygen atoms in total. The van der Waals surface area contributed by atoms with Gasteiger partial charge in [0.2, 0.25) is 5.91 Å². The minimum Gasteiger partial charge on any atom is -0.493 e. The topological polar surface area (TPSA) is 50.4 Å². The number of hydrogen-bond donors (Lipinski definition) is 2. The molecule has 0 fully saturated rings. The van der Waals surface area contributed by atoms with E-state index in [1.54, 1.807) is 0 Å². The molecule has 0 heterocycles. The van der Waals surface area contributed by atoms with Crippen molar-refractivity contribution >= 4 is 18.3 Å². The molecule has 0 unspecified atom stereocenters. The van der Waals surface area contributed by atoms with Crippen LogP contribution < -0.4 is 15.4 Å². The highest BCUT2D eigenvalue weighted by molar-refractivity contribution is 5.85. The molecule has 1 aromatic rings. The lowest BCUT2D eigenvalue weighted by Gasteiger charge is -2.11. The summed E-state index contributed by atoms with van der Waals surface area (Å²) >= 11 is 0. The number of likely N-dealkylation sites (N-methyl/N-ethyl adjacent to an activating group) is 1. The van der Waals surface area contributed by atoms with E-state index in [9.17, 15) is 4.79 Å². The highest BCUT2D eigenvalue weighted by Crippen LogP contribution is 2.20. The van der Waals surface area contributed by atoms with Crippen LogP contribution in [-0.4, -0.2) is 32.1 Å². The number of hydrogen-bond acceptors (Lipinski definition) is 3. The quantitative estimate of drug-likeness (QED) is 0.724. The zero-order valence-corrected chi connectivity index (χ0v) is 13.3. The monoisotopic (exact) mass is 300 g/mol. The van der Waals surface area contributed by atoms with Crippen LogP contribution in [0.5, 0.6) is 5.75 Å². The van der Waals surface area contributed by atoms with Crippen molar-refractivity contribution in [3.05, 3.63) is 29.3 Å². The van der Waals surface area contributed by atoms with Crippen LogP contribution in [-0.2, 0) is 4.79 Å². The van der Waals surface area contributed by atoms with Gasteiger partial charge in [-0.15, -0.1) is 12.4 Å². The molecule has 0 saturated heterocycles. The van der Waals surface area contributed by atoms with Crippen LogP contribution in [0.1, 0.15) is 24.5 Å². The molecule has 1 amide bonds. The van der Waals surface area contributed by atoms with Crippen molar-refractivity contribution in [3.8, 4) is 5.75 Å². The summed E-state index contributed by atoms with van der Waals surface area (Å²) < 4.78 is 5.64. The third kappa shape index (κ3) is 6.78. The van der Waals surface area contributed by atoms with E-state index in [2.05, 4.69) is 23.6 Å². The minimum atomic E-state index is 0. The van der Waals surface area contributed by atoms with Crippen LogP contribution in [0.15, 0.2) is 18.2 Å². The fraction of sp³-hybridized carbons (Fsp3) is 0.533. The van der Waals surface area contributed by atoms with Gasteiger partial charge in [0.1, 0.15) is 5.75 Å². The molecule has 1 rings (SSSR count).